The van der Waals surface area contributed by atoms with Crippen molar-refractivity contribution < 1.29 is 31.9 Å². The molecule has 0 unspecified atom stereocenters. The summed E-state index contributed by atoms with van der Waals surface area (Å²) in [7, 11) is 0. The number of amides is 1. The van der Waals surface area contributed by atoms with Crippen LogP contribution in [0, 0.1) is 0 Å². The zero-order chi connectivity index (χ0) is 20.7. The van der Waals surface area contributed by atoms with E-state index in [2.05, 4.69) is 5.32 Å². The lowest BCUT2D eigenvalue weighted by atomic mass is 10.0. The maximum absolute atomic E-state index is 13.2. The fourth-order valence-corrected chi connectivity index (χ4v) is 2.73. The van der Waals surface area contributed by atoms with Gasteiger partial charge < -0.3 is 19.3 Å². The Morgan fingerprint density at radius 2 is 2.07 bits per heavy atom. The molecule has 9 heteroatoms. The standard InChI is InChI=1S/C19H20F3NO5/c1-2-12-15(27-10-4-8-23-16(25)5-3-9-24)7-6-13-14(19(20,21)22)11-17(26)28-18(12)13/h6-7,9,11H,2-5,8,10H2,1H3,(H,23,25). The van der Waals surface area contributed by atoms with Crippen molar-refractivity contribution in [1.82, 2.24) is 5.32 Å². The van der Waals surface area contributed by atoms with Crippen LogP contribution in [0.3, 0.4) is 0 Å². The molecule has 1 amide bonds. The minimum Gasteiger partial charge on any atom is -0.493 e. The van der Waals surface area contributed by atoms with Crippen LogP contribution in [0.5, 0.6) is 5.75 Å². The first-order chi connectivity index (χ1) is 13.3. The first-order valence-electron chi connectivity index (χ1n) is 8.78. The van der Waals surface area contributed by atoms with E-state index in [4.69, 9.17) is 9.15 Å². The molecule has 0 spiro atoms. The second-order valence-corrected chi connectivity index (χ2v) is 6.01. The lowest BCUT2D eigenvalue weighted by molar-refractivity contribution is -0.136. The Bertz CT molecular complexity index is 905. The number of carbonyl (C=O) groups is 2. The van der Waals surface area contributed by atoms with Gasteiger partial charge in [-0.3, -0.25) is 4.79 Å². The third kappa shape index (κ3) is 5.34. The first-order valence-corrected chi connectivity index (χ1v) is 8.78. The molecule has 2 rings (SSSR count). The van der Waals surface area contributed by atoms with E-state index in [1.54, 1.807) is 6.92 Å². The highest BCUT2D eigenvalue weighted by atomic mass is 19.4. The van der Waals surface area contributed by atoms with Crippen molar-refractivity contribution >= 4 is 23.2 Å². The van der Waals surface area contributed by atoms with Gasteiger partial charge in [-0.25, -0.2) is 4.79 Å². The van der Waals surface area contributed by atoms with E-state index < -0.39 is 17.4 Å². The molecule has 1 heterocycles. The Labute approximate surface area is 158 Å². The number of benzene rings is 1. The molecule has 0 radical (unpaired) electrons. The van der Waals surface area contributed by atoms with E-state index in [-0.39, 0.29) is 36.3 Å². The van der Waals surface area contributed by atoms with E-state index in [1.807, 2.05) is 0 Å². The van der Waals surface area contributed by atoms with E-state index in [1.165, 1.54) is 12.1 Å². The molecule has 1 aromatic carbocycles. The monoisotopic (exact) mass is 399 g/mol. The Hall–Kier alpha value is -2.84. The summed E-state index contributed by atoms with van der Waals surface area (Å²) in [5.74, 6) is 0.0817. The second kappa shape index (κ2) is 9.38. The number of aryl methyl sites for hydroxylation is 1. The van der Waals surface area contributed by atoms with Crippen LogP contribution in [-0.2, 0) is 22.2 Å². The number of nitrogens with one attached hydrogen (secondary N) is 1. The molecule has 0 aliphatic carbocycles. The van der Waals surface area contributed by atoms with Gasteiger partial charge >= 0.3 is 11.8 Å². The average Bonchev–Trinajstić information content (AvgIpc) is 2.64. The fourth-order valence-electron chi connectivity index (χ4n) is 2.73. The normalized spacial score (nSPS) is 11.4. The molecule has 1 aromatic heterocycles. The highest BCUT2D eigenvalue weighted by molar-refractivity contribution is 5.85. The fraction of sp³-hybridized carbons (Fsp3) is 0.421. The summed E-state index contributed by atoms with van der Waals surface area (Å²) in [4.78, 5) is 33.2. The summed E-state index contributed by atoms with van der Waals surface area (Å²) in [6.45, 7) is 2.25. The number of rotatable bonds is 9. The number of hydrogen-bond donors (Lipinski definition) is 1. The SMILES string of the molecule is CCc1c(OCCCNC(=O)CCC=O)ccc2c(C(F)(F)F)cc(=O)oc12. The number of halogens is 3. The van der Waals surface area contributed by atoms with Crippen LogP contribution >= 0.6 is 0 Å². The van der Waals surface area contributed by atoms with Gasteiger partial charge in [0.2, 0.25) is 5.91 Å². The number of ether oxygens (including phenoxy) is 1. The van der Waals surface area contributed by atoms with Gasteiger partial charge in [0.25, 0.3) is 0 Å². The van der Waals surface area contributed by atoms with Gasteiger partial charge in [0.05, 0.1) is 12.2 Å². The summed E-state index contributed by atoms with van der Waals surface area (Å²) in [5, 5.41) is 2.44. The molecule has 6 nitrogen and oxygen atoms in total. The van der Waals surface area contributed by atoms with Crippen molar-refractivity contribution in [3.8, 4) is 5.75 Å². The van der Waals surface area contributed by atoms with Gasteiger partial charge in [0.15, 0.2) is 0 Å². The summed E-state index contributed by atoms with van der Waals surface area (Å²) < 4.78 is 50.2. The Morgan fingerprint density at radius 3 is 2.71 bits per heavy atom. The van der Waals surface area contributed by atoms with E-state index in [9.17, 15) is 27.6 Å². The largest absolute Gasteiger partial charge is 0.493 e. The molecule has 0 atom stereocenters. The summed E-state index contributed by atoms with van der Waals surface area (Å²) in [5.41, 5.74) is -1.89. The molecule has 1 N–H and O–H groups in total. The summed E-state index contributed by atoms with van der Waals surface area (Å²) in [6, 6.07) is 3.07. The molecular weight excluding hydrogens is 379 g/mol. The number of aldehydes is 1. The Kier molecular flexibility index (Phi) is 7.19. The van der Waals surface area contributed by atoms with Crippen LogP contribution in [0.15, 0.2) is 27.4 Å². The van der Waals surface area contributed by atoms with Gasteiger partial charge in [0, 0.05) is 36.4 Å². The van der Waals surface area contributed by atoms with Crippen molar-refractivity contribution in [2.24, 2.45) is 0 Å². The molecule has 0 bridgehead atoms. The van der Waals surface area contributed by atoms with Crippen LogP contribution in [-0.4, -0.2) is 25.3 Å². The highest BCUT2D eigenvalue weighted by Crippen LogP contribution is 2.37. The lowest BCUT2D eigenvalue weighted by Gasteiger charge is -2.15. The van der Waals surface area contributed by atoms with E-state index in [0.717, 1.165) is 0 Å². The van der Waals surface area contributed by atoms with Crippen molar-refractivity contribution in [2.45, 2.75) is 38.8 Å². The molecule has 0 saturated heterocycles. The topological polar surface area (TPSA) is 85.6 Å². The zero-order valence-corrected chi connectivity index (χ0v) is 15.2. The van der Waals surface area contributed by atoms with Crippen LogP contribution in [0.25, 0.3) is 11.0 Å². The number of alkyl halides is 3. The molecule has 0 saturated carbocycles. The maximum Gasteiger partial charge on any atom is 0.417 e. The Balaban J connectivity index is 2.13. The second-order valence-electron chi connectivity index (χ2n) is 6.01. The van der Waals surface area contributed by atoms with Crippen molar-refractivity contribution in [3.63, 3.8) is 0 Å². The van der Waals surface area contributed by atoms with Crippen LogP contribution in [0.4, 0.5) is 13.2 Å². The summed E-state index contributed by atoms with van der Waals surface area (Å²) >= 11 is 0. The molecule has 0 aliphatic rings. The molecule has 28 heavy (non-hydrogen) atoms. The first kappa shape index (κ1) is 21.5. The van der Waals surface area contributed by atoms with Gasteiger partial charge in [-0.1, -0.05) is 6.92 Å². The van der Waals surface area contributed by atoms with Crippen molar-refractivity contribution in [3.05, 3.63) is 39.7 Å². The minimum absolute atomic E-state index is 0.121. The van der Waals surface area contributed by atoms with Crippen LogP contribution in [0.2, 0.25) is 0 Å². The predicted molar refractivity (Wildman–Crippen MR) is 95.3 cm³/mol. The van der Waals surface area contributed by atoms with Crippen LogP contribution < -0.4 is 15.7 Å². The van der Waals surface area contributed by atoms with Gasteiger partial charge in [-0.2, -0.15) is 13.2 Å². The molecule has 0 aliphatic heterocycles. The van der Waals surface area contributed by atoms with Gasteiger partial charge in [-0.05, 0) is 25.0 Å². The quantitative estimate of drug-likeness (QED) is 0.398. The minimum atomic E-state index is -4.68. The predicted octanol–water partition coefficient (Wildman–Crippen LogP) is 3.24. The van der Waals surface area contributed by atoms with E-state index >= 15 is 0 Å². The molecule has 2 aromatic rings. The van der Waals surface area contributed by atoms with Crippen molar-refractivity contribution in [1.29, 1.82) is 0 Å². The highest BCUT2D eigenvalue weighted by Gasteiger charge is 2.34. The summed E-state index contributed by atoms with van der Waals surface area (Å²) in [6.07, 6.45) is -2.97. The third-order valence-electron chi connectivity index (χ3n) is 4.02. The molecule has 0 fully saturated rings. The molecule has 152 valence electrons. The Morgan fingerprint density at radius 1 is 1.32 bits per heavy atom. The maximum atomic E-state index is 13.2. The van der Waals surface area contributed by atoms with Gasteiger partial charge in [-0.15, -0.1) is 0 Å². The number of hydrogen-bond acceptors (Lipinski definition) is 5. The zero-order valence-electron chi connectivity index (χ0n) is 15.2. The third-order valence-corrected chi connectivity index (χ3v) is 4.02. The van der Waals surface area contributed by atoms with Crippen molar-refractivity contribution in [2.75, 3.05) is 13.2 Å². The average molecular weight is 399 g/mol. The lowest BCUT2D eigenvalue weighted by Crippen LogP contribution is -2.25. The molecular formula is C19H20F3NO5. The smallest absolute Gasteiger partial charge is 0.417 e. The number of fused-ring (bicyclic) bond motifs is 1. The number of carbonyl (C=O) groups excluding carboxylic acids is 2. The van der Waals surface area contributed by atoms with E-state index in [0.29, 0.717) is 43.1 Å². The van der Waals surface area contributed by atoms with Gasteiger partial charge in [0.1, 0.15) is 17.6 Å². The van der Waals surface area contributed by atoms with Crippen LogP contribution in [0.1, 0.15) is 37.3 Å².